The zero-order valence-corrected chi connectivity index (χ0v) is 13.6. The lowest BCUT2D eigenvalue weighted by atomic mass is 10.1. The van der Waals surface area contributed by atoms with Crippen molar-refractivity contribution in [2.75, 3.05) is 12.3 Å². The van der Waals surface area contributed by atoms with Crippen molar-refractivity contribution < 1.29 is 4.79 Å². The van der Waals surface area contributed by atoms with Gasteiger partial charge in [0.15, 0.2) is 5.78 Å². The lowest BCUT2D eigenvalue weighted by molar-refractivity contribution is 0.0982. The molecule has 0 aliphatic rings. The van der Waals surface area contributed by atoms with Crippen molar-refractivity contribution in [2.24, 2.45) is 0 Å². The molecule has 0 radical (unpaired) electrons. The first-order valence-corrected chi connectivity index (χ1v) is 7.32. The van der Waals surface area contributed by atoms with Crippen LogP contribution in [0.2, 0.25) is 0 Å². The van der Waals surface area contributed by atoms with E-state index in [2.05, 4.69) is 24.4 Å². The Morgan fingerprint density at radius 2 is 1.73 bits per heavy atom. The monoisotopic (exact) mass is 318 g/mol. The number of ketones is 1. The number of carbonyl (C=O) groups excluding carboxylic acids is 1. The molecule has 0 saturated heterocycles. The highest BCUT2D eigenvalue weighted by Gasteiger charge is 2.09. The second-order valence-electron chi connectivity index (χ2n) is 5.31. The molecule has 1 unspecified atom stereocenters. The summed E-state index contributed by atoms with van der Waals surface area (Å²) in [7, 11) is 0. The standard InChI is InChI=1S/C18H22N2O.ClH/c1-14(13-15-7-3-2-4-8-15)20-12-11-18(21)16-9-5-6-10-17(16)19;/h2-10,14,20H,11-13,19H2,1H3;1H. The second-order valence-corrected chi connectivity index (χ2v) is 5.31. The van der Waals surface area contributed by atoms with Crippen LogP contribution in [0.3, 0.4) is 0 Å². The Morgan fingerprint density at radius 3 is 2.41 bits per heavy atom. The molecule has 1 atom stereocenters. The summed E-state index contributed by atoms with van der Waals surface area (Å²) in [5.41, 5.74) is 8.29. The molecule has 4 heteroatoms. The average Bonchev–Trinajstić information content (AvgIpc) is 2.48. The molecule has 22 heavy (non-hydrogen) atoms. The van der Waals surface area contributed by atoms with Crippen LogP contribution in [0.15, 0.2) is 54.6 Å². The molecular formula is C18H23ClN2O. The first-order valence-electron chi connectivity index (χ1n) is 7.32. The topological polar surface area (TPSA) is 55.1 Å². The van der Waals surface area contributed by atoms with Crippen molar-refractivity contribution in [1.29, 1.82) is 0 Å². The molecule has 0 bridgehead atoms. The van der Waals surface area contributed by atoms with Gasteiger partial charge in [0.1, 0.15) is 0 Å². The van der Waals surface area contributed by atoms with Crippen LogP contribution < -0.4 is 11.1 Å². The molecule has 2 rings (SSSR count). The lowest BCUT2D eigenvalue weighted by Crippen LogP contribution is -2.30. The molecule has 3 nitrogen and oxygen atoms in total. The zero-order chi connectivity index (χ0) is 15.1. The molecule has 0 saturated carbocycles. The minimum Gasteiger partial charge on any atom is -0.398 e. The van der Waals surface area contributed by atoms with Crippen LogP contribution in [-0.4, -0.2) is 18.4 Å². The van der Waals surface area contributed by atoms with E-state index in [4.69, 9.17) is 5.73 Å². The first-order chi connectivity index (χ1) is 10.2. The molecule has 0 spiro atoms. The summed E-state index contributed by atoms with van der Waals surface area (Å²) < 4.78 is 0. The number of Topliss-reactive ketones (excluding diaryl/α,β-unsaturated/α-hetero) is 1. The highest BCUT2D eigenvalue weighted by molar-refractivity contribution is 6.00. The SMILES string of the molecule is CC(Cc1ccccc1)NCCC(=O)c1ccccc1N.Cl. The van der Waals surface area contributed by atoms with E-state index in [0.717, 1.165) is 6.42 Å². The number of benzene rings is 2. The molecule has 2 aromatic rings. The molecule has 2 aromatic carbocycles. The fourth-order valence-corrected chi connectivity index (χ4v) is 2.36. The maximum absolute atomic E-state index is 12.1. The van der Waals surface area contributed by atoms with Crippen molar-refractivity contribution in [3.8, 4) is 0 Å². The van der Waals surface area contributed by atoms with Crippen LogP contribution in [0.1, 0.15) is 29.3 Å². The van der Waals surface area contributed by atoms with E-state index in [1.165, 1.54) is 5.56 Å². The number of halogens is 1. The Labute approximate surface area is 138 Å². The van der Waals surface area contributed by atoms with Crippen LogP contribution in [0.4, 0.5) is 5.69 Å². The van der Waals surface area contributed by atoms with Crippen molar-refractivity contribution in [2.45, 2.75) is 25.8 Å². The largest absolute Gasteiger partial charge is 0.398 e. The van der Waals surface area contributed by atoms with Gasteiger partial charge in [-0.25, -0.2) is 0 Å². The second kappa shape index (κ2) is 9.23. The summed E-state index contributed by atoms with van der Waals surface area (Å²) in [6.45, 7) is 2.80. The van der Waals surface area contributed by atoms with Gasteiger partial charge < -0.3 is 11.1 Å². The van der Waals surface area contributed by atoms with Crippen LogP contribution in [0.25, 0.3) is 0 Å². The van der Waals surface area contributed by atoms with E-state index in [-0.39, 0.29) is 18.2 Å². The van der Waals surface area contributed by atoms with Gasteiger partial charge in [0, 0.05) is 30.3 Å². The quantitative estimate of drug-likeness (QED) is 0.607. The van der Waals surface area contributed by atoms with Gasteiger partial charge in [-0.15, -0.1) is 12.4 Å². The third kappa shape index (κ3) is 5.51. The molecule has 0 amide bonds. The highest BCUT2D eigenvalue weighted by atomic mass is 35.5. The van der Waals surface area contributed by atoms with Gasteiger partial charge in [-0.05, 0) is 31.0 Å². The van der Waals surface area contributed by atoms with E-state index >= 15 is 0 Å². The maximum Gasteiger partial charge on any atom is 0.166 e. The summed E-state index contributed by atoms with van der Waals surface area (Å²) in [5, 5.41) is 3.39. The van der Waals surface area contributed by atoms with E-state index < -0.39 is 0 Å². The van der Waals surface area contributed by atoms with Crippen molar-refractivity contribution >= 4 is 23.9 Å². The lowest BCUT2D eigenvalue weighted by Gasteiger charge is -2.13. The molecule has 0 aliphatic carbocycles. The summed E-state index contributed by atoms with van der Waals surface area (Å²) in [6, 6.07) is 17.9. The Bertz CT molecular complexity index is 587. The molecule has 3 N–H and O–H groups in total. The number of hydrogen-bond acceptors (Lipinski definition) is 3. The van der Waals surface area contributed by atoms with Gasteiger partial charge >= 0.3 is 0 Å². The molecule has 118 valence electrons. The smallest absolute Gasteiger partial charge is 0.166 e. The average molecular weight is 319 g/mol. The number of hydrogen-bond donors (Lipinski definition) is 2. The number of nitrogens with one attached hydrogen (secondary N) is 1. The number of rotatable bonds is 7. The van der Waals surface area contributed by atoms with E-state index in [9.17, 15) is 4.79 Å². The van der Waals surface area contributed by atoms with Crippen LogP contribution in [-0.2, 0) is 6.42 Å². The number of anilines is 1. The van der Waals surface area contributed by atoms with Crippen molar-refractivity contribution in [3.63, 3.8) is 0 Å². The van der Waals surface area contributed by atoms with E-state index in [1.807, 2.05) is 30.3 Å². The number of carbonyl (C=O) groups is 1. The molecule has 0 aromatic heterocycles. The van der Waals surface area contributed by atoms with Gasteiger partial charge in [-0.3, -0.25) is 4.79 Å². The van der Waals surface area contributed by atoms with Crippen LogP contribution in [0.5, 0.6) is 0 Å². The predicted molar refractivity (Wildman–Crippen MR) is 94.7 cm³/mol. The molecule has 0 aliphatic heterocycles. The van der Waals surface area contributed by atoms with E-state index in [1.54, 1.807) is 12.1 Å². The van der Waals surface area contributed by atoms with Gasteiger partial charge in [-0.2, -0.15) is 0 Å². The zero-order valence-electron chi connectivity index (χ0n) is 12.8. The normalized spacial score (nSPS) is 11.5. The minimum atomic E-state index is 0. The Balaban J connectivity index is 0.00000242. The third-order valence-electron chi connectivity index (χ3n) is 3.49. The fourth-order valence-electron chi connectivity index (χ4n) is 2.36. The number of para-hydroxylation sites is 1. The predicted octanol–water partition coefficient (Wildman–Crippen LogP) is 3.48. The third-order valence-corrected chi connectivity index (χ3v) is 3.49. The van der Waals surface area contributed by atoms with Crippen LogP contribution >= 0.6 is 12.4 Å². The Morgan fingerprint density at radius 1 is 1.09 bits per heavy atom. The summed E-state index contributed by atoms with van der Waals surface area (Å²) >= 11 is 0. The fraction of sp³-hybridized carbons (Fsp3) is 0.278. The number of nitrogens with two attached hydrogens (primary N) is 1. The van der Waals surface area contributed by atoms with Gasteiger partial charge in [-0.1, -0.05) is 42.5 Å². The molecular weight excluding hydrogens is 296 g/mol. The summed E-state index contributed by atoms with van der Waals surface area (Å²) in [5.74, 6) is 0.0903. The summed E-state index contributed by atoms with van der Waals surface area (Å²) in [6.07, 6.45) is 1.43. The summed E-state index contributed by atoms with van der Waals surface area (Å²) in [4.78, 5) is 12.1. The molecule has 0 heterocycles. The Kier molecular flexibility index (Phi) is 7.64. The van der Waals surface area contributed by atoms with E-state index in [0.29, 0.717) is 30.3 Å². The Hall–Kier alpha value is -1.84. The van der Waals surface area contributed by atoms with Gasteiger partial charge in [0.05, 0.1) is 0 Å². The first kappa shape index (κ1) is 18.2. The number of nitrogen functional groups attached to an aromatic ring is 1. The van der Waals surface area contributed by atoms with Crippen molar-refractivity contribution in [1.82, 2.24) is 5.32 Å². The highest BCUT2D eigenvalue weighted by Crippen LogP contribution is 2.12. The maximum atomic E-state index is 12.1. The van der Waals surface area contributed by atoms with Crippen molar-refractivity contribution in [3.05, 3.63) is 65.7 Å². The van der Waals surface area contributed by atoms with Crippen LogP contribution in [0, 0.1) is 0 Å². The molecule has 0 fully saturated rings. The van der Waals surface area contributed by atoms with Gasteiger partial charge in [0.25, 0.3) is 0 Å². The minimum absolute atomic E-state index is 0. The van der Waals surface area contributed by atoms with Gasteiger partial charge in [0.2, 0.25) is 0 Å².